The van der Waals surface area contributed by atoms with Crippen LogP contribution in [0.1, 0.15) is 90.0 Å². The minimum absolute atomic E-state index is 0.520. The molecule has 0 unspecified atom stereocenters. The number of hydrogen-bond donors (Lipinski definition) is 0. The molecule has 0 aliphatic carbocycles. The van der Waals surface area contributed by atoms with Gasteiger partial charge in [0.15, 0.2) is 0 Å². The monoisotopic (exact) mass is 745 g/mol. The van der Waals surface area contributed by atoms with Crippen LogP contribution in [-0.2, 0) is 53.8 Å². The lowest BCUT2D eigenvalue weighted by atomic mass is 10.0. The van der Waals surface area contributed by atoms with E-state index in [9.17, 15) is 0 Å². The predicted octanol–water partition coefficient (Wildman–Crippen LogP) is 7.10. The molecule has 0 radical (unpaired) electrons. The Labute approximate surface area is 316 Å². The van der Waals surface area contributed by atoms with Crippen LogP contribution in [0, 0.1) is 0 Å². The topological polar surface area (TPSA) is 102 Å². The minimum atomic E-state index is 0.520. The van der Waals surface area contributed by atoms with Crippen LogP contribution in [0.2, 0.25) is 0 Å². The summed E-state index contributed by atoms with van der Waals surface area (Å²) in [6.45, 7) is 16.1. The third kappa shape index (κ3) is 37.0. The Morgan fingerprint density at radius 3 is 0.942 bits per heavy atom. The lowest BCUT2D eigenvalue weighted by Gasteiger charge is -2.09. The molecular formula is C41H76O11. The van der Waals surface area contributed by atoms with Gasteiger partial charge in [-0.15, -0.1) is 0 Å². The van der Waals surface area contributed by atoms with Crippen LogP contribution >= 0.6 is 0 Å². The molecule has 1 rings (SSSR count). The molecule has 52 heavy (non-hydrogen) atoms. The maximum atomic E-state index is 5.79. The predicted molar refractivity (Wildman–Crippen MR) is 206 cm³/mol. The lowest BCUT2D eigenvalue weighted by Crippen LogP contribution is -2.15. The van der Waals surface area contributed by atoms with Gasteiger partial charge < -0.3 is 52.1 Å². The number of ether oxygens (including phenoxy) is 11. The fourth-order valence-electron chi connectivity index (χ4n) is 4.97. The van der Waals surface area contributed by atoms with Crippen molar-refractivity contribution in [1.29, 1.82) is 0 Å². The molecule has 0 bridgehead atoms. The molecule has 0 spiro atoms. The average molecular weight is 745 g/mol. The van der Waals surface area contributed by atoms with Crippen molar-refractivity contribution in [3.05, 3.63) is 29.8 Å². The van der Waals surface area contributed by atoms with Gasteiger partial charge in [0.2, 0.25) is 0 Å². The normalized spacial score (nSPS) is 11.5. The van der Waals surface area contributed by atoms with Crippen molar-refractivity contribution in [3.8, 4) is 5.75 Å². The van der Waals surface area contributed by atoms with E-state index >= 15 is 0 Å². The zero-order chi connectivity index (χ0) is 37.1. The Morgan fingerprint density at radius 2 is 0.577 bits per heavy atom. The van der Waals surface area contributed by atoms with Crippen molar-refractivity contribution >= 4 is 0 Å². The highest BCUT2D eigenvalue weighted by Gasteiger charge is 1.99. The molecule has 306 valence electrons. The first-order valence-electron chi connectivity index (χ1n) is 20.4. The Hall–Kier alpha value is -1.38. The number of aryl methyl sites for hydroxylation is 1. The summed E-state index contributed by atoms with van der Waals surface area (Å²) >= 11 is 0. The first-order chi connectivity index (χ1) is 25.9. The van der Waals surface area contributed by atoms with Crippen LogP contribution in [0.3, 0.4) is 0 Å². The van der Waals surface area contributed by atoms with Crippen molar-refractivity contribution in [3.63, 3.8) is 0 Å². The van der Waals surface area contributed by atoms with Gasteiger partial charge in [-0.25, -0.2) is 0 Å². The first-order valence-corrected chi connectivity index (χ1v) is 20.4. The Kier molecular flexibility index (Phi) is 39.6. The van der Waals surface area contributed by atoms with Crippen molar-refractivity contribution < 1.29 is 52.1 Å². The van der Waals surface area contributed by atoms with E-state index in [1.807, 2.05) is 0 Å². The summed E-state index contributed by atoms with van der Waals surface area (Å²) < 4.78 is 61.0. The van der Waals surface area contributed by atoms with Crippen LogP contribution in [0.4, 0.5) is 0 Å². The smallest absolute Gasteiger partial charge is 0.119 e. The first kappa shape index (κ1) is 48.6. The van der Waals surface area contributed by atoms with Gasteiger partial charge >= 0.3 is 0 Å². The van der Waals surface area contributed by atoms with E-state index in [-0.39, 0.29) is 0 Å². The molecule has 11 heteroatoms. The van der Waals surface area contributed by atoms with Crippen molar-refractivity contribution in [2.45, 2.75) is 90.9 Å². The molecule has 0 saturated heterocycles. The highest BCUT2D eigenvalue weighted by molar-refractivity contribution is 5.27. The zero-order valence-corrected chi connectivity index (χ0v) is 33.1. The molecule has 0 N–H and O–H groups in total. The van der Waals surface area contributed by atoms with E-state index in [2.05, 4.69) is 38.1 Å². The van der Waals surface area contributed by atoms with E-state index in [1.54, 1.807) is 0 Å². The van der Waals surface area contributed by atoms with Gasteiger partial charge in [-0.3, -0.25) is 0 Å². The van der Waals surface area contributed by atoms with E-state index in [1.165, 1.54) is 69.8 Å². The van der Waals surface area contributed by atoms with E-state index in [4.69, 9.17) is 52.1 Å². The second-order valence-corrected chi connectivity index (χ2v) is 12.5. The third-order valence-electron chi connectivity index (χ3n) is 7.98. The molecular weight excluding hydrogens is 668 g/mol. The standard InChI is InChI=1S/C41H76O11/c1-3-5-7-9-10-11-12-14-40-15-17-41(18-16-40)52-39-38-51-37-36-50-35-34-49-33-32-48-31-30-47-29-28-46-27-26-45-25-24-44-23-22-43-21-20-42-19-13-8-6-4-2/h15-18H,3-14,19-39H2,1-2H3. The molecule has 0 saturated carbocycles. The van der Waals surface area contributed by atoms with Gasteiger partial charge in [-0.1, -0.05) is 83.8 Å². The average Bonchev–Trinajstić information content (AvgIpc) is 3.16. The third-order valence-corrected chi connectivity index (χ3v) is 7.98. The molecule has 0 amide bonds. The lowest BCUT2D eigenvalue weighted by molar-refractivity contribution is -0.0267. The van der Waals surface area contributed by atoms with Crippen LogP contribution < -0.4 is 4.74 Å². The summed E-state index contributed by atoms with van der Waals surface area (Å²) in [4.78, 5) is 0. The van der Waals surface area contributed by atoms with E-state index in [0.29, 0.717) is 132 Å². The quantitative estimate of drug-likeness (QED) is 0.0640. The highest BCUT2D eigenvalue weighted by atomic mass is 16.6. The van der Waals surface area contributed by atoms with Gasteiger partial charge in [-0.2, -0.15) is 0 Å². The molecule has 1 aromatic carbocycles. The molecule has 1 aromatic rings. The number of benzene rings is 1. The second kappa shape index (κ2) is 42.4. The minimum Gasteiger partial charge on any atom is -0.491 e. The Balaban J connectivity index is 1.68. The number of unbranched alkanes of at least 4 members (excludes halogenated alkanes) is 9. The van der Waals surface area contributed by atoms with Crippen molar-refractivity contribution in [1.82, 2.24) is 0 Å². The van der Waals surface area contributed by atoms with Gasteiger partial charge in [0.1, 0.15) is 12.4 Å². The fraction of sp³-hybridized carbons (Fsp3) is 0.854. The molecule has 0 fully saturated rings. The summed E-state index contributed by atoms with van der Waals surface area (Å²) in [5.74, 6) is 0.889. The van der Waals surface area contributed by atoms with Crippen molar-refractivity contribution in [2.24, 2.45) is 0 Å². The van der Waals surface area contributed by atoms with Crippen LogP contribution in [0.25, 0.3) is 0 Å². The zero-order valence-electron chi connectivity index (χ0n) is 33.1. The van der Waals surface area contributed by atoms with Crippen LogP contribution in [-0.4, -0.2) is 139 Å². The molecule has 0 atom stereocenters. The maximum absolute atomic E-state index is 5.79. The summed E-state index contributed by atoms with van der Waals surface area (Å²) in [5.41, 5.74) is 1.38. The second-order valence-electron chi connectivity index (χ2n) is 12.5. The molecule has 0 aliphatic rings. The van der Waals surface area contributed by atoms with Gasteiger partial charge in [-0.05, 0) is 37.0 Å². The highest BCUT2D eigenvalue weighted by Crippen LogP contribution is 2.15. The van der Waals surface area contributed by atoms with Crippen LogP contribution in [0.15, 0.2) is 24.3 Å². The molecule has 0 aliphatic heterocycles. The fourth-order valence-corrected chi connectivity index (χ4v) is 4.97. The van der Waals surface area contributed by atoms with Crippen LogP contribution in [0.5, 0.6) is 5.75 Å². The maximum Gasteiger partial charge on any atom is 0.119 e. The summed E-state index contributed by atoms with van der Waals surface area (Å²) in [7, 11) is 0. The van der Waals surface area contributed by atoms with Gasteiger partial charge in [0.25, 0.3) is 0 Å². The molecule has 0 aromatic heterocycles. The number of rotatable bonds is 44. The largest absolute Gasteiger partial charge is 0.491 e. The Morgan fingerprint density at radius 1 is 0.288 bits per heavy atom. The van der Waals surface area contributed by atoms with Gasteiger partial charge in [0, 0.05) is 6.61 Å². The van der Waals surface area contributed by atoms with E-state index < -0.39 is 0 Å². The summed E-state index contributed by atoms with van der Waals surface area (Å²) in [6, 6.07) is 8.46. The van der Waals surface area contributed by atoms with Gasteiger partial charge in [0.05, 0.1) is 126 Å². The van der Waals surface area contributed by atoms with Crippen molar-refractivity contribution in [2.75, 3.05) is 139 Å². The summed E-state index contributed by atoms with van der Waals surface area (Å²) in [5, 5.41) is 0. The Bertz CT molecular complexity index is 799. The SMILES string of the molecule is CCCCCCCCCc1ccc(OCCOCCOCCOCCOCCOCCOCCOCCOCCOCCOCCCCCC)cc1. The molecule has 0 heterocycles. The number of hydrogen-bond acceptors (Lipinski definition) is 11. The summed E-state index contributed by atoms with van der Waals surface area (Å²) in [6.07, 6.45) is 15.4. The molecule has 11 nitrogen and oxygen atoms in total. The van der Waals surface area contributed by atoms with E-state index in [0.717, 1.165) is 25.2 Å².